The molecule has 9 heteroatoms. The minimum atomic E-state index is -0.839. The Morgan fingerprint density at radius 3 is 2.26 bits per heavy atom. The van der Waals surface area contributed by atoms with Gasteiger partial charge in [0.25, 0.3) is 0 Å². The van der Waals surface area contributed by atoms with Crippen LogP contribution in [0.5, 0.6) is 23.0 Å². The number of aromatic nitrogens is 1. The summed E-state index contributed by atoms with van der Waals surface area (Å²) in [4.78, 5) is 41.8. The van der Waals surface area contributed by atoms with Gasteiger partial charge in [0.15, 0.2) is 34.6 Å². The maximum Gasteiger partial charge on any atom is 0.314 e. The Morgan fingerprint density at radius 1 is 0.915 bits per heavy atom. The van der Waals surface area contributed by atoms with Gasteiger partial charge in [-0.3, -0.25) is 14.4 Å². The number of phenolic OH excluding ortho intramolecular Hbond substituents is 1. The summed E-state index contributed by atoms with van der Waals surface area (Å²) in [5.74, 6) is -0.353. The number of carbonyl (C=O) groups is 3. The Balaban J connectivity index is 1.23. The molecule has 9 nitrogen and oxygen atoms in total. The number of allylic oxidation sites excluding steroid dienone is 2. The summed E-state index contributed by atoms with van der Waals surface area (Å²) < 4.78 is 22.7. The van der Waals surface area contributed by atoms with Gasteiger partial charge >= 0.3 is 5.97 Å². The van der Waals surface area contributed by atoms with Gasteiger partial charge in [0, 0.05) is 10.9 Å². The molecule has 1 aliphatic rings. The van der Waals surface area contributed by atoms with E-state index in [1.807, 2.05) is 6.92 Å². The monoisotopic (exact) mass is 637 g/mol. The van der Waals surface area contributed by atoms with Crippen molar-refractivity contribution in [2.24, 2.45) is 0 Å². The lowest BCUT2D eigenvalue weighted by Crippen LogP contribution is -2.38. The minimum Gasteiger partial charge on any atom is -0.504 e. The number of esters is 1. The third-order valence-corrected chi connectivity index (χ3v) is 8.48. The summed E-state index contributed by atoms with van der Waals surface area (Å²) >= 11 is 0. The fourth-order valence-electron chi connectivity index (χ4n) is 5.97. The molecule has 0 saturated heterocycles. The lowest BCUT2D eigenvalue weighted by Gasteiger charge is -2.36. The molecule has 0 amide bonds. The molecule has 1 atom stereocenters. The van der Waals surface area contributed by atoms with Crippen molar-refractivity contribution >= 4 is 40.6 Å². The highest BCUT2D eigenvalue weighted by Gasteiger charge is 2.41. The zero-order valence-electron chi connectivity index (χ0n) is 27.1. The highest BCUT2D eigenvalue weighted by Crippen LogP contribution is 2.43. The predicted molar refractivity (Wildman–Crippen MR) is 180 cm³/mol. The molecule has 2 N–H and O–H groups in total. The largest absolute Gasteiger partial charge is 0.504 e. The Morgan fingerprint density at radius 2 is 1.60 bits per heavy atom. The molecule has 1 aromatic heterocycles. The van der Waals surface area contributed by atoms with Gasteiger partial charge in [-0.25, -0.2) is 0 Å². The number of aromatic amines is 1. The van der Waals surface area contributed by atoms with E-state index in [0.717, 1.165) is 24.1 Å². The van der Waals surface area contributed by atoms with Crippen molar-refractivity contribution in [2.75, 3.05) is 20.8 Å². The number of para-hydroxylation sites is 1. The highest BCUT2D eigenvalue weighted by molar-refractivity contribution is 6.10. The smallest absolute Gasteiger partial charge is 0.314 e. The van der Waals surface area contributed by atoms with Gasteiger partial charge in [-0.15, -0.1) is 0 Å². The lowest BCUT2D eigenvalue weighted by atomic mass is 9.86. The first-order chi connectivity index (χ1) is 22.7. The van der Waals surface area contributed by atoms with Crippen LogP contribution < -0.4 is 14.2 Å². The van der Waals surface area contributed by atoms with Crippen LogP contribution in [-0.4, -0.2) is 48.5 Å². The average Bonchev–Trinajstić information content (AvgIpc) is 3.47. The van der Waals surface area contributed by atoms with E-state index in [9.17, 15) is 19.5 Å². The molecule has 1 unspecified atom stereocenters. The molecule has 5 rings (SSSR count). The normalized spacial score (nSPS) is 16.0. The number of phenols is 1. The van der Waals surface area contributed by atoms with Gasteiger partial charge in [-0.05, 0) is 77.9 Å². The number of aryl methyl sites for hydroxylation is 1. The second-order valence-corrected chi connectivity index (χ2v) is 11.4. The number of fused-ring (bicyclic) bond motifs is 3. The van der Waals surface area contributed by atoms with Crippen molar-refractivity contribution in [3.63, 3.8) is 0 Å². The van der Waals surface area contributed by atoms with E-state index >= 15 is 0 Å². The molecule has 0 spiro atoms. The molecule has 0 aliphatic carbocycles. The van der Waals surface area contributed by atoms with Gasteiger partial charge < -0.3 is 29.0 Å². The van der Waals surface area contributed by atoms with Gasteiger partial charge in [0.1, 0.15) is 5.60 Å². The lowest BCUT2D eigenvalue weighted by molar-refractivity contribution is -0.146. The second-order valence-electron chi connectivity index (χ2n) is 11.4. The molecule has 244 valence electrons. The van der Waals surface area contributed by atoms with E-state index in [2.05, 4.69) is 30.1 Å². The average molecular weight is 638 g/mol. The summed E-state index contributed by atoms with van der Waals surface area (Å²) in [6, 6.07) is 16.0. The number of hydrogen-bond donors (Lipinski definition) is 2. The van der Waals surface area contributed by atoms with Crippen molar-refractivity contribution in [3.05, 3.63) is 94.7 Å². The summed E-state index contributed by atoms with van der Waals surface area (Å²) in [5, 5.41) is 10.9. The van der Waals surface area contributed by atoms with Crippen LogP contribution in [0, 0.1) is 0 Å². The molecular weight excluding hydrogens is 598 g/mol. The predicted octanol–water partition coefficient (Wildman–Crippen LogP) is 6.88. The number of nitrogens with one attached hydrogen (secondary N) is 1. The fourth-order valence-corrected chi connectivity index (χ4v) is 5.97. The number of ketones is 2. The number of ether oxygens (including phenoxy) is 4. The van der Waals surface area contributed by atoms with Crippen LogP contribution >= 0.6 is 0 Å². The van der Waals surface area contributed by atoms with Crippen LogP contribution in [0.2, 0.25) is 0 Å². The van der Waals surface area contributed by atoms with Gasteiger partial charge in [0.2, 0.25) is 0 Å². The third kappa shape index (κ3) is 7.31. The van der Waals surface area contributed by atoms with Crippen molar-refractivity contribution in [1.29, 1.82) is 0 Å². The van der Waals surface area contributed by atoms with Crippen LogP contribution in [-0.2, 0) is 37.6 Å². The van der Waals surface area contributed by atoms with E-state index in [0.29, 0.717) is 29.9 Å². The summed E-state index contributed by atoms with van der Waals surface area (Å²) in [7, 11) is 2.91. The minimum absolute atomic E-state index is 0.00653. The van der Waals surface area contributed by atoms with Gasteiger partial charge in [0.05, 0.1) is 39.4 Å². The molecule has 1 aliphatic heterocycles. The first kappa shape index (κ1) is 33.2. The number of aromatic hydroxyl groups is 1. The molecule has 3 aromatic carbocycles. The Labute approximate surface area is 273 Å². The summed E-state index contributed by atoms with van der Waals surface area (Å²) in [6.45, 7) is 4.64. The van der Waals surface area contributed by atoms with E-state index in [-0.39, 0.29) is 41.7 Å². The maximum absolute atomic E-state index is 13.4. The number of carbonyl (C=O) groups excluding carboxylic acids is 3. The fraction of sp³-hybridized carbons (Fsp3) is 0.289. The molecule has 47 heavy (non-hydrogen) atoms. The van der Waals surface area contributed by atoms with Crippen molar-refractivity contribution < 1.29 is 38.4 Å². The molecular formula is C38H39NO8. The van der Waals surface area contributed by atoms with Crippen LogP contribution in [0.4, 0.5) is 0 Å². The highest BCUT2D eigenvalue weighted by atomic mass is 16.6. The molecule has 0 radical (unpaired) electrons. The van der Waals surface area contributed by atoms with E-state index in [4.69, 9.17) is 18.9 Å². The molecule has 0 saturated carbocycles. The van der Waals surface area contributed by atoms with E-state index in [1.165, 1.54) is 49.0 Å². The number of H-pyrrole nitrogens is 1. The van der Waals surface area contributed by atoms with E-state index < -0.39 is 11.6 Å². The van der Waals surface area contributed by atoms with Gasteiger partial charge in [-0.2, -0.15) is 0 Å². The Hall–Kier alpha value is -5.15. The van der Waals surface area contributed by atoms with Crippen molar-refractivity contribution in [3.8, 4) is 23.0 Å². The van der Waals surface area contributed by atoms with Crippen LogP contribution in [0.3, 0.4) is 0 Å². The number of benzene rings is 3. The van der Waals surface area contributed by atoms with Crippen molar-refractivity contribution in [1.82, 2.24) is 4.98 Å². The van der Waals surface area contributed by atoms with Crippen LogP contribution in [0.15, 0.2) is 66.7 Å². The van der Waals surface area contributed by atoms with Gasteiger partial charge in [-0.1, -0.05) is 56.3 Å². The second kappa shape index (κ2) is 14.5. The summed E-state index contributed by atoms with van der Waals surface area (Å²) in [6.07, 6.45) is 7.72. The molecule has 0 fully saturated rings. The zero-order valence-corrected chi connectivity index (χ0v) is 27.1. The number of hydrogen-bond acceptors (Lipinski definition) is 8. The Kier molecular flexibility index (Phi) is 10.3. The van der Waals surface area contributed by atoms with E-state index in [1.54, 1.807) is 42.5 Å². The van der Waals surface area contributed by atoms with Crippen LogP contribution in [0.25, 0.3) is 23.1 Å². The molecule has 0 bridgehead atoms. The first-order valence-corrected chi connectivity index (χ1v) is 15.6. The van der Waals surface area contributed by atoms with Crippen LogP contribution in [0.1, 0.15) is 61.1 Å². The molecule has 2 heterocycles. The SMILES string of the molecule is CCc1cccc2c3c([nH]c12)C(CC)(CC(=O)Oc1ccc(/C=C/C(=O)CC(=O)/C=C/c2ccc(O)c(OC)c2)cc1OC)OCC3. The maximum atomic E-state index is 13.4. The topological polar surface area (TPSA) is 124 Å². The Bertz CT molecular complexity index is 1870. The number of methoxy groups -OCH3 is 2. The summed E-state index contributed by atoms with van der Waals surface area (Å²) in [5.41, 5.74) is 4.88. The number of rotatable bonds is 13. The first-order valence-electron chi connectivity index (χ1n) is 15.6. The third-order valence-electron chi connectivity index (χ3n) is 8.48. The van der Waals surface area contributed by atoms with Crippen molar-refractivity contribution in [2.45, 2.75) is 51.6 Å². The molecule has 4 aromatic rings. The standard InChI is InChI=1S/C38H39NO8/c1-5-26-8-7-9-29-30-18-19-46-38(6-2,37(30)39-36(26)29)23-35(43)47-32-17-13-25(21-34(32)45-4)11-15-28(41)22-27(40)14-10-24-12-16-31(42)33(20-24)44-3/h7-17,20-21,39,42H,5-6,18-19,22-23H2,1-4H3/b14-10+,15-11+. The zero-order chi connectivity index (χ0) is 33.6. The quantitative estimate of drug-likeness (QED) is 0.0704.